The molecule has 1 saturated heterocycles. The molecule has 0 spiro atoms. The maximum absolute atomic E-state index is 12.4. The molecule has 1 aliphatic heterocycles. The fraction of sp³-hybridized carbons (Fsp3) is 0.769. The standard InChI is InChI=1S/C13H21NO4/c1-5-13(6-2)7-9(15)14(11(13)18)12(3,4)8-10(16)17/h5-8H2,1-4H3,(H,16,17). The van der Waals surface area contributed by atoms with Crippen LogP contribution in [0.25, 0.3) is 0 Å². The van der Waals surface area contributed by atoms with Crippen LogP contribution in [0.2, 0.25) is 0 Å². The van der Waals surface area contributed by atoms with Gasteiger partial charge >= 0.3 is 5.97 Å². The fourth-order valence-corrected chi connectivity index (χ4v) is 2.66. The van der Waals surface area contributed by atoms with E-state index >= 15 is 0 Å². The summed E-state index contributed by atoms with van der Waals surface area (Å²) >= 11 is 0. The molecule has 0 unspecified atom stereocenters. The molecule has 0 aromatic carbocycles. The van der Waals surface area contributed by atoms with Gasteiger partial charge in [0.25, 0.3) is 0 Å². The number of rotatable bonds is 5. The van der Waals surface area contributed by atoms with E-state index in [4.69, 9.17) is 5.11 Å². The molecule has 1 N–H and O–H groups in total. The summed E-state index contributed by atoms with van der Waals surface area (Å²) in [6, 6.07) is 0. The molecule has 0 bridgehead atoms. The van der Waals surface area contributed by atoms with Crippen molar-refractivity contribution in [3.05, 3.63) is 0 Å². The van der Waals surface area contributed by atoms with Gasteiger partial charge in [-0.1, -0.05) is 13.8 Å². The number of carbonyl (C=O) groups excluding carboxylic acids is 2. The quantitative estimate of drug-likeness (QED) is 0.760. The van der Waals surface area contributed by atoms with Crippen LogP contribution in [0.5, 0.6) is 0 Å². The van der Waals surface area contributed by atoms with Crippen LogP contribution >= 0.6 is 0 Å². The Kier molecular flexibility index (Phi) is 3.84. The molecule has 2 amide bonds. The monoisotopic (exact) mass is 255 g/mol. The van der Waals surface area contributed by atoms with Crippen molar-refractivity contribution in [2.45, 2.75) is 58.9 Å². The first kappa shape index (κ1) is 14.7. The molecule has 18 heavy (non-hydrogen) atoms. The molecular weight excluding hydrogens is 234 g/mol. The summed E-state index contributed by atoms with van der Waals surface area (Å²) in [5, 5.41) is 8.88. The number of carboxylic acids is 1. The first-order valence-electron chi connectivity index (χ1n) is 6.29. The molecule has 0 saturated carbocycles. The van der Waals surface area contributed by atoms with Gasteiger partial charge in [0.15, 0.2) is 0 Å². The molecule has 1 aliphatic rings. The molecule has 0 radical (unpaired) electrons. The van der Waals surface area contributed by atoms with E-state index in [1.807, 2.05) is 13.8 Å². The molecule has 0 aromatic heterocycles. The summed E-state index contributed by atoms with van der Waals surface area (Å²) in [5.74, 6) is -1.48. The first-order valence-corrected chi connectivity index (χ1v) is 6.29. The van der Waals surface area contributed by atoms with Crippen LogP contribution in [-0.2, 0) is 14.4 Å². The lowest BCUT2D eigenvalue weighted by Crippen LogP contribution is -2.50. The molecule has 0 aliphatic carbocycles. The predicted octanol–water partition coefficient (Wildman–Crippen LogP) is 1.80. The van der Waals surface area contributed by atoms with Gasteiger partial charge in [0.1, 0.15) is 0 Å². The maximum atomic E-state index is 12.4. The van der Waals surface area contributed by atoms with Crippen LogP contribution in [0.15, 0.2) is 0 Å². The molecule has 5 nitrogen and oxygen atoms in total. The van der Waals surface area contributed by atoms with Gasteiger partial charge in [0.05, 0.1) is 17.4 Å². The average molecular weight is 255 g/mol. The minimum absolute atomic E-state index is 0.196. The van der Waals surface area contributed by atoms with Crippen LogP contribution in [0.3, 0.4) is 0 Å². The lowest BCUT2D eigenvalue weighted by Gasteiger charge is -2.34. The van der Waals surface area contributed by atoms with E-state index < -0.39 is 16.9 Å². The zero-order valence-electron chi connectivity index (χ0n) is 11.4. The van der Waals surface area contributed by atoms with Gasteiger partial charge in [-0.3, -0.25) is 19.3 Å². The highest BCUT2D eigenvalue weighted by molar-refractivity contribution is 6.06. The van der Waals surface area contributed by atoms with E-state index in [1.165, 1.54) is 0 Å². The van der Waals surface area contributed by atoms with Crippen molar-refractivity contribution in [1.29, 1.82) is 0 Å². The van der Waals surface area contributed by atoms with Gasteiger partial charge < -0.3 is 5.11 Å². The molecule has 1 rings (SSSR count). The Balaban J connectivity index is 3.08. The van der Waals surface area contributed by atoms with Crippen molar-refractivity contribution < 1.29 is 19.5 Å². The van der Waals surface area contributed by atoms with E-state index in [0.29, 0.717) is 12.8 Å². The van der Waals surface area contributed by atoms with Crippen LogP contribution < -0.4 is 0 Å². The number of likely N-dealkylation sites (tertiary alicyclic amines) is 1. The summed E-state index contributed by atoms with van der Waals surface area (Å²) in [6.45, 7) is 7.03. The largest absolute Gasteiger partial charge is 0.481 e. The molecule has 1 fully saturated rings. The summed E-state index contributed by atoms with van der Waals surface area (Å²) in [4.78, 5) is 36.5. The minimum Gasteiger partial charge on any atom is -0.481 e. The first-order chi connectivity index (χ1) is 8.20. The number of hydrogen-bond donors (Lipinski definition) is 1. The highest BCUT2D eigenvalue weighted by Gasteiger charge is 2.53. The fourth-order valence-electron chi connectivity index (χ4n) is 2.66. The van der Waals surface area contributed by atoms with Gasteiger partial charge in [-0.2, -0.15) is 0 Å². The van der Waals surface area contributed by atoms with E-state index in [9.17, 15) is 14.4 Å². The van der Waals surface area contributed by atoms with Gasteiger partial charge in [0.2, 0.25) is 11.8 Å². The SMILES string of the molecule is CCC1(CC)CC(=O)N(C(C)(C)CC(=O)O)C1=O. The molecular formula is C13H21NO4. The summed E-state index contributed by atoms with van der Waals surface area (Å²) in [7, 11) is 0. The summed E-state index contributed by atoms with van der Waals surface area (Å²) in [5.41, 5.74) is -1.60. The lowest BCUT2D eigenvalue weighted by molar-refractivity contribution is -0.150. The second-order valence-electron chi connectivity index (χ2n) is 5.58. The van der Waals surface area contributed by atoms with Crippen LogP contribution in [0, 0.1) is 5.41 Å². The summed E-state index contributed by atoms with van der Waals surface area (Å²) in [6.07, 6.45) is 1.18. The Morgan fingerprint density at radius 2 is 1.83 bits per heavy atom. The number of nitrogens with zero attached hydrogens (tertiary/aromatic N) is 1. The van der Waals surface area contributed by atoms with Crippen LogP contribution in [0.1, 0.15) is 53.4 Å². The van der Waals surface area contributed by atoms with Gasteiger partial charge in [-0.05, 0) is 26.7 Å². The Morgan fingerprint density at radius 1 is 1.33 bits per heavy atom. The van der Waals surface area contributed by atoms with Crippen molar-refractivity contribution in [3.8, 4) is 0 Å². The maximum Gasteiger partial charge on any atom is 0.305 e. The third-order valence-electron chi connectivity index (χ3n) is 3.94. The van der Waals surface area contributed by atoms with Gasteiger partial charge in [0, 0.05) is 6.42 Å². The third-order valence-corrected chi connectivity index (χ3v) is 3.94. The number of amides is 2. The third kappa shape index (κ3) is 2.26. The second kappa shape index (κ2) is 4.71. The van der Waals surface area contributed by atoms with E-state index in [2.05, 4.69) is 0 Å². The summed E-state index contributed by atoms with van der Waals surface area (Å²) < 4.78 is 0. The van der Waals surface area contributed by atoms with Crippen molar-refractivity contribution in [2.24, 2.45) is 5.41 Å². The van der Waals surface area contributed by atoms with E-state index in [-0.39, 0.29) is 24.7 Å². The topological polar surface area (TPSA) is 74.7 Å². The van der Waals surface area contributed by atoms with Crippen molar-refractivity contribution in [3.63, 3.8) is 0 Å². The van der Waals surface area contributed by atoms with Crippen LogP contribution in [-0.4, -0.2) is 33.3 Å². The second-order valence-corrected chi connectivity index (χ2v) is 5.58. The predicted molar refractivity (Wildman–Crippen MR) is 65.8 cm³/mol. The number of carbonyl (C=O) groups is 3. The molecule has 0 aromatic rings. The molecule has 1 heterocycles. The molecule has 5 heteroatoms. The number of hydrogen-bond acceptors (Lipinski definition) is 3. The molecule has 102 valence electrons. The smallest absolute Gasteiger partial charge is 0.305 e. The minimum atomic E-state index is -1.01. The van der Waals surface area contributed by atoms with Crippen molar-refractivity contribution >= 4 is 17.8 Å². The van der Waals surface area contributed by atoms with E-state index in [0.717, 1.165) is 4.90 Å². The zero-order valence-corrected chi connectivity index (χ0v) is 11.4. The van der Waals surface area contributed by atoms with E-state index in [1.54, 1.807) is 13.8 Å². The molecule has 0 atom stereocenters. The zero-order chi connectivity index (χ0) is 14.1. The Morgan fingerprint density at radius 3 is 2.17 bits per heavy atom. The highest BCUT2D eigenvalue weighted by atomic mass is 16.4. The Bertz CT molecular complexity index is 382. The van der Waals surface area contributed by atoms with Gasteiger partial charge in [-0.15, -0.1) is 0 Å². The Labute approximate surface area is 107 Å². The van der Waals surface area contributed by atoms with Crippen molar-refractivity contribution in [1.82, 2.24) is 4.90 Å². The van der Waals surface area contributed by atoms with Crippen molar-refractivity contribution in [2.75, 3.05) is 0 Å². The lowest BCUT2D eigenvalue weighted by atomic mass is 9.80. The highest BCUT2D eigenvalue weighted by Crippen LogP contribution is 2.42. The Hall–Kier alpha value is -1.39. The van der Waals surface area contributed by atoms with Gasteiger partial charge in [-0.25, -0.2) is 0 Å². The number of imide groups is 1. The normalized spacial score (nSPS) is 19.4. The number of aliphatic carboxylic acids is 1. The van der Waals surface area contributed by atoms with Crippen LogP contribution in [0.4, 0.5) is 0 Å². The average Bonchev–Trinajstić information content (AvgIpc) is 2.49. The number of carboxylic acid groups (broad SMARTS) is 1.